The first-order chi connectivity index (χ1) is 16.3. The second-order valence-corrected chi connectivity index (χ2v) is 8.52. The van der Waals surface area contributed by atoms with Crippen molar-refractivity contribution in [2.45, 2.75) is 25.6 Å². The molecule has 2 saturated heterocycles. The Bertz CT molecular complexity index is 893. The summed E-state index contributed by atoms with van der Waals surface area (Å²) < 4.78 is 11.8. The van der Waals surface area contributed by atoms with Crippen molar-refractivity contribution >= 4 is 62.2 Å². The van der Waals surface area contributed by atoms with E-state index in [0.717, 1.165) is 15.4 Å². The molecule has 4 rings (SSSR count). The maximum atomic E-state index is 11.5. The Morgan fingerprint density at radius 3 is 1.72 bits per heavy atom. The maximum absolute atomic E-state index is 11.5. The number of amides is 2. The minimum Gasteiger partial charge on any atom is -1.00 e. The molecular formula is C20H22Br2K2N4O8. The van der Waals surface area contributed by atoms with Crippen LogP contribution in [0.2, 0.25) is 0 Å². The van der Waals surface area contributed by atoms with Crippen molar-refractivity contribution in [1.29, 1.82) is 0 Å². The zero-order valence-electron chi connectivity index (χ0n) is 20.9. The van der Waals surface area contributed by atoms with E-state index in [1.807, 2.05) is 13.0 Å². The summed E-state index contributed by atoms with van der Waals surface area (Å²) >= 11 is 6.55. The van der Waals surface area contributed by atoms with Crippen molar-refractivity contribution in [3.8, 4) is 0 Å². The number of rotatable bonds is 5. The minimum atomic E-state index is -0.469. The van der Waals surface area contributed by atoms with Gasteiger partial charge in [-0.3, -0.25) is 14.6 Å². The Hall–Kier alpha value is 0.463. The number of hydrogen-bond acceptors (Lipinski definition) is 10. The number of aliphatic hydroxyl groups excluding tert-OH is 1. The second kappa shape index (κ2) is 19.5. The molecule has 4 heterocycles. The quantitative estimate of drug-likeness (QED) is 0.144. The maximum Gasteiger partial charge on any atom is 1.00 e. The summed E-state index contributed by atoms with van der Waals surface area (Å²) in [6, 6.07) is 7.16. The van der Waals surface area contributed by atoms with Crippen LogP contribution >= 0.6 is 31.9 Å². The molecule has 2 unspecified atom stereocenters. The number of carbonyl (C=O) groups is 3. The van der Waals surface area contributed by atoms with E-state index < -0.39 is 12.2 Å². The number of cyclic esters (lactones) is 2. The Kier molecular flexibility index (Phi) is 19.8. The third-order valence-electron chi connectivity index (χ3n) is 4.42. The van der Waals surface area contributed by atoms with Gasteiger partial charge in [0, 0.05) is 21.3 Å². The summed E-state index contributed by atoms with van der Waals surface area (Å²) in [7, 11) is 0. The van der Waals surface area contributed by atoms with E-state index in [2.05, 4.69) is 46.7 Å². The van der Waals surface area contributed by atoms with Gasteiger partial charge in [-0.05, 0) is 62.5 Å². The fraction of sp³-hybridized carbons (Fsp3) is 0.350. The van der Waals surface area contributed by atoms with E-state index in [1.165, 1.54) is 4.90 Å². The number of halogens is 2. The van der Waals surface area contributed by atoms with Crippen molar-refractivity contribution in [3.63, 3.8) is 0 Å². The normalized spacial score (nSPS) is 17.7. The van der Waals surface area contributed by atoms with Crippen molar-refractivity contribution in [1.82, 2.24) is 9.97 Å². The van der Waals surface area contributed by atoms with E-state index in [-0.39, 0.29) is 129 Å². The van der Waals surface area contributed by atoms with Gasteiger partial charge < -0.3 is 26.2 Å². The molecule has 36 heavy (non-hydrogen) atoms. The van der Waals surface area contributed by atoms with Crippen molar-refractivity contribution in [2.75, 3.05) is 29.5 Å². The number of aliphatic hydroxyl groups is 1. The zero-order valence-corrected chi connectivity index (χ0v) is 29.3. The number of aromatic nitrogens is 2. The average Bonchev–Trinajstić information content (AvgIpc) is 3.42. The van der Waals surface area contributed by atoms with Gasteiger partial charge in [-0.1, -0.05) is 6.92 Å². The molecule has 0 saturated carbocycles. The molecule has 2 fully saturated rings. The summed E-state index contributed by atoms with van der Waals surface area (Å²) in [4.78, 5) is 45.3. The van der Waals surface area contributed by atoms with E-state index in [1.54, 1.807) is 35.5 Å². The molecule has 12 nitrogen and oxygen atoms in total. The van der Waals surface area contributed by atoms with Gasteiger partial charge in [-0.2, -0.15) is 0 Å². The molecule has 0 spiro atoms. The van der Waals surface area contributed by atoms with Crippen LogP contribution in [0.4, 0.5) is 21.2 Å². The predicted octanol–water partition coefficient (Wildman–Crippen LogP) is -3.70. The van der Waals surface area contributed by atoms with Gasteiger partial charge in [0.25, 0.3) is 6.47 Å². The average molecular weight is 684 g/mol. The first-order valence-corrected chi connectivity index (χ1v) is 11.4. The summed E-state index contributed by atoms with van der Waals surface area (Å²) in [5.41, 5.74) is 0. The van der Waals surface area contributed by atoms with Crippen LogP contribution in [0.1, 0.15) is 14.8 Å². The van der Waals surface area contributed by atoms with Gasteiger partial charge in [-0.25, -0.2) is 19.6 Å². The molecule has 0 bridgehead atoms. The fourth-order valence-electron chi connectivity index (χ4n) is 2.78. The van der Waals surface area contributed by atoms with Gasteiger partial charge >= 0.3 is 115 Å². The Morgan fingerprint density at radius 2 is 1.44 bits per heavy atom. The predicted molar refractivity (Wildman–Crippen MR) is 125 cm³/mol. The molecular weight excluding hydrogens is 662 g/mol. The largest absolute Gasteiger partial charge is 1.00 e. The van der Waals surface area contributed by atoms with Crippen LogP contribution < -0.4 is 118 Å². The molecule has 16 heteroatoms. The first kappa shape index (κ1) is 36.5. The van der Waals surface area contributed by atoms with E-state index in [9.17, 15) is 9.59 Å². The molecule has 0 aromatic carbocycles. The number of ether oxygens (including phenoxy) is 2. The van der Waals surface area contributed by atoms with Gasteiger partial charge in [0.15, 0.2) is 0 Å². The van der Waals surface area contributed by atoms with E-state index in [4.69, 9.17) is 24.6 Å². The standard InChI is InChI=1S/C10H11BrN2O2.C9H9BrN2O3.CH2O3.2K.H/c1-2-8-6-13(10(14)15-8)9-4-3-7(11)5-12-9;10-6-1-2-8(11-3-6)12-4-7(5-13)15-9(12)14;2-1-4-3;;;/h3-5,8H,2,6H2,1H3;1-3,7,13H,4-5H2;1,3H;;;/q;;;2*+1;-1/p-1. The smallest absolute Gasteiger partial charge is 1.00 e. The number of nitrogens with zero attached hydrogens (tertiary/aromatic N) is 4. The molecule has 0 aliphatic carbocycles. The second-order valence-electron chi connectivity index (χ2n) is 6.69. The number of anilines is 2. The van der Waals surface area contributed by atoms with Crippen LogP contribution in [-0.4, -0.2) is 65.6 Å². The van der Waals surface area contributed by atoms with Crippen molar-refractivity contribution in [2.24, 2.45) is 0 Å². The Labute approximate surface area is 311 Å². The van der Waals surface area contributed by atoms with Crippen molar-refractivity contribution < 1.29 is 143 Å². The zero-order chi connectivity index (χ0) is 25.1. The molecule has 2 atom stereocenters. The topological polar surface area (TPSA) is 154 Å². The summed E-state index contributed by atoms with van der Waals surface area (Å²) in [6.07, 6.45) is 2.86. The third kappa shape index (κ3) is 11.7. The summed E-state index contributed by atoms with van der Waals surface area (Å²) in [5, 5.41) is 17.3. The van der Waals surface area contributed by atoms with Gasteiger partial charge in [0.1, 0.15) is 23.8 Å². The SMILES string of the molecule is CCC1CN(c2ccc(Br)cn2)C(=O)O1.O=C1OC(CO)CN1c1ccc(Br)cn1.O=CO[O-].[H-].[K+].[K+]. The Balaban J connectivity index is 0. The molecule has 1 N–H and O–H groups in total. The molecule has 2 aromatic heterocycles. The van der Waals surface area contributed by atoms with Crippen LogP contribution in [0.15, 0.2) is 45.6 Å². The first-order valence-electron chi connectivity index (χ1n) is 9.85. The molecule has 2 aliphatic rings. The Morgan fingerprint density at radius 1 is 1.03 bits per heavy atom. The van der Waals surface area contributed by atoms with Gasteiger partial charge in [0.05, 0.1) is 19.7 Å². The molecule has 2 aliphatic heterocycles. The third-order valence-corrected chi connectivity index (χ3v) is 5.36. The monoisotopic (exact) mass is 682 g/mol. The van der Waals surface area contributed by atoms with Crippen LogP contribution in [0.5, 0.6) is 0 Å². The van der Waals surface area contributed by atoms with Crippen LogP contribution in [0.3, 0.4) is 0 Å². The van der Waals surface area contributed by atoms with Crippen LogP contribution in [0.25, 0.3) is 0 Å². The van der Waals surface area contributed by atoms with Gasteiger partial charge in [-0.15, -0.1) is 0 Å². The molecule has 186 valence electrons. The number of hydrogen-bond donors (Lipinski definition) is 1. The number of carbonyl (C=O) groups excluding carboxylic acids is 3. The van der Waals surface area contributed by atoms with Gasteiger partial charge in [0.2, 0.25) is 0 Å². The summed E-state index contributed by atoms with van der Waals surface area (Å²) in [6.45, 7) is 2.57. The molecule has 0 radical (unpaired) electrons. The number of pyridine rings is 2. The minimum absolute atomic E-state index is 0. The van der Waals surface area contributed by atoms with Crippen molar-refractivity contribution in [3.05, 3.63) is 45.6 Å². The summed E-state index contributed by atoms with van der Waals surface area (Å²) in [5.74, 6) is 1.17. The molecule has 2 amide bonds. The van der Waals surface area contributed by atoms with Crippen LogP contribution in [-0.2, 0) is 19.2 Å². The molecule has 2 aromatic rings. The van der Waals surface area contributed by atoms with Crippen LogP contribution in [0, 0.1) is 0 Å². The fourth-order valence-corrected chi connectivity index (χ4v) is 3.25. The van der Waals surface area contributed by atoms with E-state index >= 15 is 0 Å². The van der Waals surface area contributed by atoms with E-state index in [0.29, 0.717) is 24.7 Å².